The van der Waals surface area contributed by atoms with Crippen LogP contribution in [-0.2, 0) is 4.79 Å². The van der Waals surface area contributed by atoms with E-state index in [1.165, 1.54) is 5.57 Å². The quantitative estimate of drug-likeness (QED) is 0.612. The lowest BCUT2D eigenvalue weighted by Gasteiger charge is -2.30. The Kier molecular flexibility index (Phi) is 2.77. The summed E-state index contributed by atoms with van der Waals surface area (Å²) in [5.41, 5.74) is 1.43. The van der Waals surface area contributed by atoms with Gasteiger partial charge in [0.25, 0.3) is 0 Å². The molecular weight excluding hydrogens is 188 g/mol. The summed E-state index contributed by atoms with van der Waals surface area (Å²) in [4.78, 5) is 13.6. The van der Waals surface area contributed by atoms with Gasteiger partial charge in [-0.05, 0) is 26.2 Å². The predicted octanol–water partition coefficient (Wildman–Crippen LogP) is 1.86. The number of likely N-dealkylation sites (tertiary alicyclic amines) is 1. The second-order valence-corrected chi connectivity index (χ2v) is 4.41. The zero-order valence-corrected chi connectivity index (χ0v) is 9.07. The minimum atomic E-state index is 0.0136. The predicted molar refractivity (Wildman–Crippen MR) is 56.8 cm³/mol. The van der Waals surface area contributed by atoms with Crippen LogP contribution in [0.3, 0.4) is 0 Å². The lowest BCUT2D eigenvalue weighted by Crippen LogP contribution is -2.38. The van der Waals surface area contributed by atoms with Crippen LogP contribution in [-0.4, -0.2) is 23.4 Å². The van der Waals surface area contributed by atoms with Crippen LogP contribution >= 0.6 is 0 Å². The van der Waals surface area contributed by atoms with E-state index < -0.39 is 0 Å². The van der Waals surface area contributed by atoms with E-state index in [1.54, 1.807) is 0 Å². The minimum Gasteiger partial charge on any atom is -0.338 e. The molecule has 0 radical (unpaired) electrons. The normalized spacial score (nSPS) is 29.3. The Morgan fingerprint density at radius 3 is 3.20 bits per heavy atom. The molecular formula is C12H16N2O. The third-order valence-electron chi connectivity index (χ3n) is 3.61. The molecule has 0 aromatic heterocycles. The SMILES string of the molecule is CC1=CCCC2C1CCN2C(=O)CC#N. The van der Waals surface area contributed by atoms with E-state index in [4.69, 9.17) is 5.26 Å². The van der Waals surface area contributed by atoms with Crippen molar-refractivity contribution in [3.8, 4) is 6.07 Å². The lowest BCUT2D eigenvalue weighted by atomic mass is 9.84. The number of hydrogen-bond acceptors (Lipinski definition) is 2. The Bertz CT molecular complexity index is 340. The standard InChI is InChI=1S/C12H16N2O/c1-9-3-2-4-11-10(9)6-8-14(11)12(15)5-7-13/h3,10-11H,2,4-6,8H2,1H3. The van der Waals surface area contributed by atoms with Crippen LogP contribution in [0.25, 0.3) is 0 Å². The third-order valence-corrected chi connectivity index (χ3v) is 3.61. The number of nitriles is 1. The largest absolute Gasteiger partial charge is 0.338 e. The van der Waals surface area contributed by atoms with E-state index in [0.29, 0.717) is 12.0 Å². The zero-order chi connectivity index (χ0) is 10.8. The van der Waals surface area contributed by atoms with Gasteiger partial charge >= 0.3 is 0 Å². The molecule has 0 N–H and O–H groups in total. The van der Waals surface area contributed by atoms with Gasteiger partial charge in [0.1, 0.15) is 6.42 Å². The van der Waals surface area contributed by atoms with Crippen molar-refractivity contribution in [2.75, 3.05) is 6.54 Å². The van der Waals surface area contributed by atoms with Gasteiger partial charge in [0.15, 0.2) is 0 Å². The molecule has 1 amide bonds. The van der Waals surface area contributed by atoms with E-state index in [9.17, 15) is 4.79 Å². The highest BCUT2D eigenvalue weighted by Crippen LogP contribution is 2.36. The van der Waals surface area contributed by atoms with Gasteiger partial charge in [0.2, 0.25) is 5.91 Å². The Morgan fingerprint density at radius 2 is 2.47 bits per heavy atom. The molecule has 1 saturated heterocycles. The molecule has 0 saturated carbocycles. The van der Waals surface area contributed by atoms with E-state index in [2.05, 4.69) is 13.0 Å². The summed E-state index contributed by atoms with van der Waals surface area (Å²) in [6.07, 6.45) is 5.54. The summed E-state index contributed by atoms with van der Waals surface area (Å²) in [7, 11) is 0. The Balaban J connectivity index is 2.10. The molecule has 0 aromatic carbocycles. The summed E-state index contributed by atoms with van der Waals surface area (Å²) in [6.45, 7) is 3.00. The summed E-state index contributed by atoms with van der Waals surface area (Å²) in [5, 5.41) is 8.54. The summed E-state index contributed by atoms with van der Waals surface area (Å²) in [5.74, 6) is 0.570. The fourth-order valence-corrected chi connectivity index (χ4v) is 2.85. The fourth-order valence-electron chi connectivity index (χ4n) is 2.85. The van der Waals surface area contributed by atoms with Crippen molar-refractivity contribution in [2.45, 2.75) is 38.6 Å². The van der Waals surface area contributed by atoms with Crippen LogP contribution in [0.4, 0.5) is 0 Å². The average molecular weight is 204 g/mol. The van der Waals surface area contributed by atoms with Gasteiger partial charge in [-0.2, -0.15) is 5.26 Å². The maximum atomic E-state index is 11.7. The molecule has 2 atom stereocenters. The van der Waals surface area contributed by atoms with Gasteiger partial charge in [-0.25, -0.2) is 0 Å². The first-order chi connectivity index (χ1) is 7.24. The summed E-state index contributed by atoms with van der Waals surface area (Å²) >= 11 is 0. The summed E-state index contributed by atoms with van der Waals surface area (Å²) < 4.78 is 0. The minimum absolute atomic E-state index is 0.0136. The number of rotatable bonds is 1. The lowest BCUT2D eigenvalue weighted by molar-refractivity contribution is -0.131. The molecule has 15 heavy (non-hydrogen) atoms. The molecule has 1 aliphatic heterocycles. The number of hydrogen-bond donors (Lipinski definition) is 0. The van der Waals surface area contributed by atoms with Gasteiger partial charge in [0.05, 0.1) is 6.07 Å². The molecule has 1 fully saturated rings. The Morgan fingerprint density at radius 1 is 1.67 bits per heavy atom. The van der Waals surface area contributed by atoms with E-state index in [1.807, 2.05) is 11.0 Å². The highest BCUT2D eigenvalue weighted by molar-refractivity contribution is 5.79. The van der Waals surface area contributed by atoms with Gasteiger partial charge < -0.3 is 4.90 Å². The van der Waals surface area contributed by atoms with Crippen LogP contribution in [0.5, 0.6) is 0 Å². The van der Waals surface area contributed by atoms with Crippen molar-refractivity contribution in [1.29, 1.82) is 5.26 Å². The first-order valence-corrected chi connectivity index (χ1v) is 5.57. The smallest absolute Gasteiger partial charge is 0.237 e. The Hall–Kier alpha value is -1.30. The van der Waals surface area contributed by atoms with Crippen molar-refractivity contribution in [3.63, 3.8) is 0 Å². The number of nitrogens with zero attached hydrogens (tertiary/aromatic N) is 2. The van der Waals surface area contributed by atoms with Gasteiger partial charge in [-0.3, -0.25) is 4.79 Å². The number of carbonyl (C=O) groups is 1. The Labute approximate surface area is 90.4 Å². The first kappa shape index (κ1) is 10.2. The molecule has 0 spiro atoms. The molecule has 0 bridgehead atoms. The number of carbonyl (C=O) groups excluding carboxylic acids is 1. The monoisotopic (exact) mass is 204 g/mol. The van der Waals surface area contributed by atoms with Crippen molar-refractivity contribution >= 4 is 5.91 Å². The zero-order valence-electron chi connectivity index (χ0n) is 9.07. The van der Waals surface area contributed by atoms with Crippen molar-refractivity contribution < 1.29 is 4.79 Å². The van der Waals surface area contributed by atoms with E-state index in [-0.39, 0.29) is 12.3 Å². The van der Waals surface area contributed by atoms with Gasteiger partial charge in [-0.15, -0.1) is 0 Å². The topological polar surface area (TPSA) is 44.1 Å². The maximum absolute atomic E-state index is 11.7. The second kappa shape index (κ2) is 4.06. The first-order valence-electron chi connectivity index (χ1n) is 5.57. The molecule has 1 aliphatic carbocycles. The number of allylic oxidation sites excluding steroid dienone is 1. The molecule has 1 heterocycles. The maximum Gasteiger partial charge on any atom is 0.237 e. The molecule has 2 unspecified atom stereocenters. The average Bonchev–Trinajstić information content (AvgIpc) is 2.63. The van der Waals surface area contributed by atoms with Crippen molar-refractivity contribution in [1.82, 2.24) is 4.90 Å². The van der Waals surface area contributed by atoms with Crippen LogP contribution in [0.2, 0.25) is 0 Å². The fraction of sp³-hybridized carbons (Fsp3) is 0.667. The van der Waals surface area contributed by atoms with Gasteiger partial charge in [0, 0.05) is 18.5 Å². The molecule has 0 aromatic rings. The third kappa shape index (κ3) is 1.77. The second-order valence-electron chi connectivity index (χ2n) is 4.41. The molecule has 2 aliphatic rings. The van der Waals surface area contributed by atoms with E-state index >= 15 is 0 Å². The molecule has 3 heteroatoms. The number of fused-ring (bicyclic) bond motifs is 1. The van der Waals surface area contributed by atoms with E-state index in [0.717, 1.165) is 25.8 Å². The van der Waals surface area contributed by atoms with Crippen LogP contribution in [0.1, 0.15) is 32.6 Å². The number of amides is 1. The van der Waals surface area contributed by atoms with Crippen LogP contribution in [0, 0.1) is 17.2 Å². The van der Waals surface area contributed by atoms with Crippen LogP contribution < -0.4 is 0 Å². The molecule has 2 rings (SSSR count). The van der Waals surface area contributed by atoms with Crippen molar-refractivity contribution in [3.05, 3.63) is 11.6 Å². The molecule has 80 valence electrons. The van der Waals surface area contributed by atoms with Crippen LogP contribution in [0.15, 0.2) is 11.6 Å². The molecule has 3 nitrogen and oxygen atoms in total. The van der Waals surface area contributed by atoms with Crippen molar-refractivity contribution in [2.24, 2.45) is 5.92 Å². The highest BCUT2D eigenvalue weighted by Gasteiger charge is 2.38. The highest BCUT2D eigenvalue weighted by atomic mass is 16.2. The van der Waals surface area contributed by atoms with Gasteiger partial charge in [-0.1, -0.05) is 11.6 Å². The summed E-state index contributed by atoms with van der Waals surface area (Å²) in [6, 6.07) is 2.32.